The predicted molar refractivity (Wildman–Crippen MR) is 107 cm³/mol. The number of pyridine rings is 1. The molecule has 2 aliphatic heterocycles. The number of piperazine rings is 1. The topological polar surface area (TPSA) is 45.4 Å². The minimum Gasteiger partial charge on any atom is -0.487 e. The van der Waals surface area contributed by atoms with E-state index in [2.05, 4.69) is 44.5 Å². The molecule has 2 aromatic rings. The Bertz CT molecular complexity index is 973. The van der Waals surface area contributed by atoms with Crippen molar-refractivity contribution >= 4 is 22.8 Å². The molecule has 1 saturated heterocycles. The number of nitrogens with zero attached hydrogens (tertiary/aromatic N) is 5. The van der Waals surface area contributed by atoms with E-state index in [-0.39, 0.29) is 11.9 Å². The lowest BCUT2D eigenvalue weighted by molar-refractivity contribution is 0.245. The molecule has 0 saturated carbocycles. The van der Waals surface area contributed by atoms with E-state index in [1.165, 1.54) is 0 Å². The van der Waals surface area contributed by atoms with Crippen LogP contribution in [0.2, 0.25) is 0 Å². The van der Waals surface area contributed by atoms with Gasteiger partial charge in [0.15, 0.2) is 11.6 Å². The zero-order valence-corrected chi connectivity index (χ0v) is 16.4. The summed E-state index contributed by atoms with van der Waals surface area (Å²) < 4.78 is 23.6. The van der Waals surface area contributed by atoms with Crippen LogP contribution in [0.1, 0.15) is 18.5 Å². The van der Waals surface area contributed by atoms with Gasteiger partial charge in [0.2, 0.25) is 0 Å². The van der Waals surface area contributed by atoms with Crippen LogP contribution in [0.5, 0.6) is 5.75 Å². The first-order valence-corrected chi connectivity index (χ1v) is 9.37. The molecule has 0 amide bonds. The van der Waals surface area contributed by atoms with E-state index in [9.17, 15) is 0 Å². The first kappa shape index (κ1) is 18.0. The summed E-state index contributed by atoms with van der Waals surface area (Å²) in [5.41, 5.74) is 2.38. The molecule has 1 aromatic heterocycles. The maximum Gasteiger partial charge on any atom is 0.170 e. The molecule has 1 atom stereocenters. The maximum absolute atomic E-state index is 15.3. The second kappa shape index (κ2) is 6.96. The smallest absolute Gasteiger partial charge is 0.170 e. The lowest BCUT2D eigenvalue weighted by atomic mass is 10.1. The Balaban J connectivity index is 2.02. The summed E-state index contributed by atoms with van der Waals surface area (Å²) in [6.45, 7) is 6.02. The molecule has 0 N–H and O–H groups in total. The first-order valence-electron chi connectivity index (χ1n) is 9.37. The highest BCUT2D eigenvalue weighted by atomic mass is 19.1. The maximum atomic E-state index is 15.3. The van der Waals surface area contributed by atoms with E-state index in [1.807, 2.05) is 0 Å². The fourth-order valence-corrected chi connectivity index (χ4v) is 4.05. The minimum absolute atomic E-state index is 0.153. The fourth-order valence-electron chi connectivity index (χ4n) is 4.05. The van der Waals surface area contributed by atoms with E-state index in [1.54, 1.807) is 26.4 Å². The van der Waals surface area contributed by atoms with Crippen molar-refractivity contribution in [3.05, 3.63) is 29.0 Å². The number of aliphatic imine (C=N–C) groups is 1. The Morgan fingerprint density at radius 2 is 1.96 bits per heavy atom. The van der Waals surface area contributed by atoms with Crippen molar-refractivity contribution in [2.75, 3.05) is 58.8 Å². The lowest BCUT2D eigenvalue weighted by Gasteiger charge is -2.37. The molecule has 0 spiro atoms. The van der Waals surface area contributed by atoms with Crippen molar-refractivity contribution in [3.63, 3.8) is 0 Å². The van der Waals surface area contributed by atoms with Crippen LogP contribution in [0.4, 0.5) is 10.1 Å². The number of ether oxygens (including phenoxy) is 1. The Hall–Kier alpha value is -2.41. The third kappa shape index (κ3) is 2.90. The number of hydrogen-bond acceptors (Lipinski definition) is 5. The Labute approximate surface area is 158 Å². The van der Waals surface area contributed by atoms with Gasteiger partial charge < -0.3 is 19.1 Å². The van der Waals surface area contributed by atoms with Gasteiger partial charge in [-0.3, -0.25) is 9.98 Å². The van der Waals surface area contributed by atoms with Crippen molar-refractivity contribution in [1.82, 2.24) is 9.47 Å². The molecule has 0 radical (unpaired) electrons. The average Bonchev–Trinajstić information content (AvgIpc) is 2.65. The van der Waals surface area contributed by atoms with Crippen LogP contribution < -0.4 is 15.0 Å². The van der Waals surface area contributed by atoms with Crippen LogP contribution in [0, 0.1) is 5.82 Å². The molecule has 4 rings (SSSR count). The van der Waals surface area contributed by atoms with Gasteiger partial charge >= 0.3 is 0 Å². The lowest BCUT2D eigenvalue weighted by Crippen LogP contribution is -2.45. The van der Waals surface area contributed by atoms with E-state index in [0.717, 1.165) is 48.0 Å². The van der Waals surface area contributed by atoms with Gasteiger partial charge in [0.25, 0.3) is 0 Å². The average molecular weight is 371 g/mol. The Kier molecular flexibility index (Phi) is 4.63. The number of likely N-dealkylation sites (N-methyl/N-ethyl adjacent to an activating group) is 1. The van der Waals surface area contributed by atoms with Crippen LogP contribution >= 0.6 is 0 Å². The third-order valence-electron chi connectivity index (χ3n) is 5.50. The summed E-state index contributed by atoms with van der Waals surface area (Å²) in [7, 11) is 5.55. The molecule has 3 heterocycles. The van der Waals surface area contributed by atoms with Gasteiger partial charge in [0.1, 0.15) is 12.3 Å². The number of benzene rings is 1. The minimum atomic E-state index is -0.251. The van der Waals surface area contributed by atoms with E-state index < -0.39 is 0 Å². The van der Waals surface area contributed by atoms with Gasteiger partial charge in [0.05, 0.1) is 16.9 Å². The van der Waals surface area contributed by atoms with Crippen LogP contribution in [-0.2, 0) is 0 Å². The normalized spacial score (nSPS) is 21.3. The molecule has 2 aliphatic rings. The van der Waals surface area contributed by atoms with Crippen LogP contribution in [0.25, 0.3) is 10.9 Å². The van der Waals surface area contributed by atoms with Crippen LogP contribution in [-0.4, -0.2) is 69.6 Å². The summed E-state index contributed by atoms with van der Waals surface area (Å²) >= 11 is 0. The molecule has 0 aliphatic carbocycles. The second-order valence-electron chi connectivity index (χ2n) is 7.33. The highest BCUT2D eigenvalue weighted by molar-refractivity contribution is 5.95. The van der Waals surface area contributed by atoms with Gasteiger partial charge in [-0.2, -0.15) is 0 Å². The molecule has 27 heavy (non-hydrogen) atoms. The SMILES string of the molecule is CN=Cc1cn2c3c(c(N4CCN(C)CC4)c(F)cc3c1=NC)OC[C@@H]2C. The molecular formula is C20H26FN5O. The number of rotatable bonds is 2. The van der Waals surface area contributed by atoms with Crippen LogP contribution in [0.15, 0.2) is 22.2 Å². The standard InChI is InChI=1S/C20H26FN5O/c1-13-12-27-20-18-15(17(23-3)14(10-22-2)11-26(13)18)9-16(21)19(20)25-7-5-24(4)6-8-25/h9-11,13H,5-8,12H2,1-4H3/t13-/m0/s1. The quantitative estimate of drug-likeness (QED) is 0.759. The highest BCUT2D eigenvalue weighted by Crippen LogP contribution is 2.41. The second-order valence-corrected chi connectivity index (χ2v) is 7.33. The molecule has 7 heteroatoms. The molecule has 1 aromatic carbocycles. The number of anilines is 1. The zero-order valence-electron chi connectivity index (χ0n) is 16.4. The van der Waals surface area contributed by atoms with Gasteiger partial charge in [-0.05, 0) is 20.0 Å². The van der Waals surface area contributed by atoms with Gasteiger partial charge in [-0.15, -0.1) is 0 Å². The van der Waals surface area contributed by atoms with Crippen molar-refractivity contribution in [2.45, 2.75) is 13.0 Å². The Morgan fingerprint density at radius 3 is 2.63 bits per heavy atom. The predicted octanol–water partition coefficient (Wildman–Crippen LogP) is 2.06. The molecule has 1 fully saturated rings. The fraction of sp³-hybridized carbons (Fsp3) is 0.500. The summed E-state index contributed by atoms with van der Waals surface area (Å²) in [6, 6.07) is 1.76. The third-order valence-corrected chi connectivity index (χ3v) is 5.50. The summed E-state index contributed by atoms with van der Waals surface area (Å²) in [4.78, 5) is 12.9. The monoisotopic (exact) mass is 371 g/mol. The van der Waals surface area contributed by atoms with Crippen molar-refractivity contribution < 1.29 is 9.13 Å². The van der Waals surface area contributed by atoms with Crippen molar-refractivity contribution in [2.24, 2.45) is 9.98 Å². The summed E-state index contributed by atoms with van der Waals surface area (Å²) in [5.74, 6) is 0.385. The van der Waals surface area contributed by atoms with E-state index in [0.29, 0.717) is 18.0 Å². The zero-order chi connectivity index (χ0) is 19.1. The van der Waals surface area contributed by atoms with E-state index in [4.69, 9.17) is 4.74 Å². The molecule has 6 nitrogen and oxygen atoms in total. The van der Waals surface area contributed by atoms with Crippen molar-refractivity contribution in [1.29, 1.82) is 0 Å². The number of halogens is 1. The molecular weight excluding hydrogens is 345 g/mol. The van der Waals surface area contributed by atoms with Crippen LogP contribution in [0.3, 0.4) is 0 Å². The van der Waals surface area contributed by atoms with E-state index >= 15 is 4.39 Å². The first-order chi connectivity index (χ1) is 13.0. The Morgan fingerprint density at radius 1 is 1.22 bits per heavy atom. The van der Waals surface area contributed by atoms with Crippen molar-refractivity contribution in [3.8, 4) is 5.75 Å². The molecule has 0 unspecified atom stereocenters. The van der Waals surface area contributed by atoms with Gasteiger partial charge in [-0.1, -0.05) is 0 Å². The molecule has 144 valence electrons. The molecule has 0 bridgehead atoms. The van der Waals surface area contributed by atoms with Gasteiger partial charge in [0, 0.05) is 63.6 Å². The van der Waals surface area contributed by atoms with Gasteiger partial charge in [-0.25, -0.2) is 4.39 Å². The highest BCUT2D eigenvalue weighted by Gasteiger charge is 2.29. The summed E-state index contributed by atoms with van der Waals surface area (Å²) in [5, 5.41) is 1.52. The summed E-state index contributed by atoms with van der Waals surface area (Å²) in [6.07, 6.45) is 3.83. The largest absolute Gasteiger partial charge is 0.487 e. The number of aromatic nitrogens is 1. The number of hydrogen-bond donors (Lipinski definition) is 0.